The fourth-order valence-electron chi connectivity index (χ4n) is 2.13. The maximum absolute atomic E-state index is 11.2. The van der Waals surface area contributed by atoms with Crippen molar-refractivity contribution in [2.45, 2.75) is 13.0 Å². The predicted molar refractivity (Wildman–Crippen MR) is 77.9 cm³/mol. The molecular formula is C15H16N4O2. The molecule has 0 aliphatic carbocycles. The van der Waals surface area contributed by atoms with Crippen molar-refractivity contribution in [2.24, 2.45) is 7.05 Å². The first-order chi connectivity index (χ1) is 10.1. The van der Waals surface area contributed by atoms with Gasteiger partial charge in [0.1, 0.15) is 5.56 Å². The molecule has 0 saturated heterocycles. The number of hydrogen-bond acceptors (Lipinski definition) is 4. The highest BCUT2D eigenvalue weighted by Crippen LogP contribution is 2.19. The van der Waals surface area contributed by atoms with Crippen LogP contribution in [0.1, 0.15) is 22.5 Å². The molecule has 108 valence electrons. The van der Waals surface area contributed by atoms with Crippen LogP contribution < -0.4 is 4.90 Å². The van der Waals surface area contributed by atoms with Gasteiger partial charge in [-0.25, -0.2) is 4.79 Å². The van der Waals surface area contributed by atoms with Crippen LogP contribution in [0, 0.1) is 11.3 Å². The van der Waals surface area contributed by atoms with Gasteiger partial charge in [-0.2, -0.15) is 10.4 Å². The summed E-state index contributed by atoms with van der Waals surface area (Å²) in [6, 6.07) is 11.7. The zero-order valence-electron chi connectivity index (χ0n) is 11.7. The highest BCUT2D eigenvalue weighted by Gasteiger charge is 2.18. The molecule has 1 aromatic heterocycles. The lowest BCUT2D eigenvalue weighted by molar-refractivity contribution is 0.0695. The Kier molecular flexibility index (Phi) is 4.57. The number of hydrogen-bond donors (Lipinski definition) is 1. The monoisotopic (exact) mass is 284 g/mol. The molecule has 2 rings (SSSR count). The van der Waals surface area contributed by atoms with Gasteiger partial charge in [-0.1, -0.05) is 18.2 Å². The van der Waals surface area contributed by atoms with Crippen LogP contribution in [-0.2, 0) is 13.6 Å². The van der Waals surface area contributed by atoms with E-state index in [1.165, 1.54) is 6.20 Å². The van der Waals surface area contributed by atoms with E-state index in [9.17, 15) is 9.90 Å². The second-order valence-corrected chi connectivity index (χ2v) is 4.60. The molecule has 21 heavy (non-hydrogen) atoms. The maximum atomic E-state index is 11.2. The van der Waals surface area contributed by atoms with Gasteiger partial charge in [-0.3, -0.25) is 4.68 Å². The van der Waals surface area contributed by atoms with E-state index in [0.717, 1.165) is 5.69 Å². The van der Waals surface area contributed by atoms with E-state index in [1.807, 2.05) is 35.2 Å². The minimum Gasteiger partial charge on any atom is -0.478 e. The molecule has 0 amide bonds. The van der Waals surface area contributed by atoms with Crippen LogP contribution in [0.3, 0.4) is 0 Å². The molecule has 1 N–H and O–H groups in total. The Balaban J connectivity index is 2.30. The fraction of sp³-hybridized carbons (Fsp3) is 0.267. The van der Waals surface area contributed by atoms with Gasteiger partial charge >= 0.3 is 5.97 Å². The Morgan fingerprint density at radius 3 is 2.76 bits per heavy atom. The molecule has 2 aromatic rings. The summed E-state index contributed by atoms with van der Waals surface area (Å²) in [5.41, 5.74) is 1.75. The number of carboxylic acid groups (broad SMARTS) is 1. The Hall–Kier alpha value is -2.81. The average molecular weight is 284 g/mol. The van der Waals surface area contributed by atoms with Crippen molar-refractivity contribution in [3.63, 3.8) is 0 Å². The third-order valence-corrected chi connectivity index (χ3v) is 3.25. The van der Waals surface area contributed by atoms with Gasteiger partial charge in [0.25, 0.3) is 0 Å². The van der Waals surface area contributed by atoms with Gasteiger partial charge in [0.05, 0.1) is 30.9 Å². The van der Waals surface area contributed by atoms with Crippen LogP contribution in [0.4, 0.5) is 5.69 Å². The Morgan fingerprint density at radius 2 is 2.14 bits per heavy atom. The number of aromatic carboxylic acids is 1. The van der Waals surface area contributed by atoms with Crippen LogP contribution in [0.15, 0.2) is 36.5 Å². The molecule has 0 radical (unpaired) electrons. The first-order valence-electron chi connectivity index (χ1n) is 6.54. The molecule has 0 atom stereocenters. The standard InChI is InChI=1S/C15H16N4O2/c1-18-14(13(10-17-18)15(20)21)11-19(9-5-8-16)12-6-3-2-4-7-12/h2-4,6-7,10H,5,9,11H2,1H3,(H,20,21). The maximum Gasteiger partial charge on any atom is 0.339 e. The molecule has 0 saturated carbocycles. The summed E-state index contributed by atoms with van der Waals surface area (Å²) < 4.78 is 1.56. The largest absolute Gasteiger partial charge is 0.478 e. The summed E-state index contributed by atoms with van der Waals surface area (Å²) in [6.45, 7) is 0.925. The van der Waals surface area contributed by atoms with Crippen molar-refractivity contribution in [1.29, 1.82) is 5.26 Å². The molecule has 0 fully saturated rings. The van der Waals surface area contributed by atoms with Crippen molar-refractivity contribution in [3.8, 4) is 6.07 Å². The van der Waals surface area contributed by atoms with E-state index in [4.69, 9.17) is 5.26 Å². The minimum atomic E-state index is -0.994. The molecule has 0 unspecified atom stereocenters. The quantitative estimate of drug-likeness (QED) is 0.877. The predicted octanol–water partition coefficient (Wildman–Crippen LogP) is 2.04. The third-order valence-electron chi connectivity index (χ3n) is 3.25. The van der Waals surface area contributed by atoms with Crippen LogP contribution >= 0.6 is 0 Å². The van der Waals surface area contributed by atoms with Crippen molar-refractivity contribution in [1.82, 2.24) is 9.78 Å². The number of nitrogens with zero attached hydrogens (tertiary/aromatic N) is 4. The van der Waals surface area contributed by atoms with Crippen molar-refractivity contribution < 1.29 is 9.90 Å². The smallest absolute Gasteiger partial charge is 0.339 e. The lowest BCUT2D eigenvalue weighted by Gasteiger charge is -2.24. The molecule has 6 heteroatoms. The molecule has 6 nitrogen and oxygen atoms in total. The van der Waals surface area contributed by atoms with Gasteiger partial charge in [0.2, 0.25) is 0 Å². The van der Waals surface area contributed by atoms with E-state index < -0.39 is 5.97 Å². The summed E-state index contributed by atoms with van der Waals surface area (Å²) in [5.74, 6) is -0.994. The molecule has 1 heterocycles. The van der Waals surface area contributed by atoms with Gasteiger partial charge in [-0.05, 0) is 12.1 Å². The number of benzene rings is 1. The van der Waals surface area contributed by atoms with E-state index >= 15 is 0 Å². The number of aromatic nitrogens is 2. The zero-order chi connectivity index (χ0) is 15.2. The number of nitriles is 1. The van der Waals surface area contributed by atoms with Gasteiger partial charge in [0.15, 0.2) is 0 Å². The molecule has 0 aliphatic rings. The van der Waals surface area contributed by atoms with E-state index in [1.54, 1.807) is 11.7 Å². The van der Waals surface area contributed by atoms with Gasteiger partial charge in [-0.15, -0.1) is 0 Å². The summed E-state index contributed by atoms with van der Waals surface area (Å²) in [4.78, 5) is 13.2. The number of carboxylic acids is 1. The SMILES string of the molecule is Cn1ncc(C(=O)O)c1CN(CCC#N)c1ccccc1. The topological polar surface area (TPSA) is 82.2 Å². The Labute approximate surface area is 122 Å². The number of carbonyl (C=O) groups is 1. The summed E-state index contributed by atoms with van der Waals surface area (Å²) in [7, 11) is 1.72. The molecular weight excluding hydrogens is 268 g/mol. The fourth-order valence-corrected chi connectivity index (χ4v) is 2.13. The molecule has 0 bridgehead atoms. The van der Waals surface area contributed by atoms with Gasteiger partial charge in [0, 0.05) is 19.3 Å². The second kappa shape index (κ2) is 6.57. The molecule has 1 aromatic carbocycles. The van der Waals surface area contributed by atoms with Crippen LogP contribution in [-0.4, -0.2) is 27.4 Å². The summed E-state index contributed by atoms with van der Waals surface area (Å²) in [5, 5.41) is 22.0. The van der Waals surface area contributed by atoms with Crippen LogP contribution in [0.5, 0.6) is 0 Å². The number of aryl methyl sites for hydroxylation is 1. The van der Waals surface area contributed by atoms with Gasteiger partial charge < -0.3 is 10.0 Å². The second-order valence-electron chi connectivity index (χ2n) is 4.60. The number of para-hydroxylation sites is 1. The van der Waals surface area contributed by atoms with Crippen molar-refractivity contribution in [3.05, 3.63) is 47.8 Å². The number of anilines is 1. The molecule has 0 aliphatic heterocycles. The average Bonchev–Trinajstić information content (AvgIpc) is 2.85. The first kappa shape index (κ1) is 14.6. The Morgan fingerprint density at radius 1 is 1.43 bits per heavy atom. The first-order valence-corrected chi connectivity index (χ1v) is 6.54. The van der Waals surface area contributed by atoms with Crippen LogP contribution in [0.25, 0.3) is 0 Å². The third kappa shape index (κ3) is 3.39. The zero-order valence-corrected chi connectivity index (χ0v) is 11.7. The van der Waals surface area contributed by atoms with E-state index in [0.29, 0.717) is 25.2 Å². The normalized spacial score (nSPS) is 10.1. The van der Waals surface area contributed by atoms with E-state index in [2.05, 4.69) is 11.2 Å². The number of rotatable bonds is 6. The highest BCUT2D eigenvalue weighted by molar-refractivity contribution is 5.88. The summed E-state index contributed by atoms with van der Waals surface area (Å²) in [6.07, 6.45) is 1.72. The lowest BCUT2D eigenvalue weighted by Crippen LogP contribution is -2.26. The van der Waals surface area contributed by atoms with E-state index in [-0.39, 0.29) is 5.56 Å². The van der Waals surface area contributed by atoms with Crippen molar-refractivity contribution >= 4 is 11.7 Å². The van der Waals surface area contributed by atoms with Crippen molar-refractivity contribution in [2.75, 3.05) is 11.4 Å². The highest BCUT2D eigenvalue weighted by atomic mass is 16.4. The minimum absolute atomic E-state index is 0.190. The lowest BCUT2D eigenvalue weighted by atomic mass is 10.2. The Bertz CT molecular complexity index is 658. The van der Waals surface area contributed by atoms with Crippen LogP contribution in [0.2, 0.25) is 0 Å². The summed E-state index contributed by atoms with van der Waals surface area (Å²) >= 11 is 0. The molecule has 0 spiro atoms.